The predicted molar refractivity (Wildman–Crippen MR) is 71.5 cm³/mol. The van der Waals surface area contributed by atoms with E-state index in [-0.39, 0.29) is 0 Å². The van der Waals surface area contributed by atoms with Crippen LogP contribution in [0, 0.1) is 12.8 Å². The molecule has 0 radical (unpaired) electrons. The second-order valence-corrected chi connectivity index (χ2v) is 4.98. The van der Waals surface area contributed by atoms with E-state index in [1.54, 1.807) is 0 Å². The number of rotatable bonds is 5. The van der Waals surface area contributed by atoms with Crippen molar-refractivity contribution in [1.82, 2.24) is 15.1 Å². The summed E-state index contributed by atoms with van der Waals surface area (Å²) in [6, 6.07) is 3.91. The summed E-state index contributed by atoms with van der Waals surface area (Å²) in [5.74, 6) is 1.29. The highest BCUT2D eigenvalue weighted by Gasteiger charge is 2.18. The number of piperidine rings is 1. The van der Waals surface area contributed by atoms with Crippen LogP contribution in [0.3, 0.4) is 0 Å². The topological polar surface area (TPSA) is 61.3 Å². The molecule has 1 aromatic rings. The highest BCUT2D eigenvalue weighted by Crippen LogP contribution is 2.15. The largest absolute Gasteiger partial charge is 0.396 e. The Hall–Kier alpha value is -1.20. The van der Waals surface area contributed by atoms with Crippen LogP contribution in [0.1, 0.15) is 18.5 Å². The summed E-state index contributed by atoms with van der Waals surface area (Å²) in [5, 5.41) is 20.5. The van der Waals surface area contributed by atoms with Crippen LogP contribution in [0.5, 0.6) is 0 Å². The summed E-state index contributed by atoms with van der Waals surface area (Å²) < 4.78 is 0. The first kappa shape index (κ1) is 13.2. The van der Waals surface area contributed by atoms with Gasteiger partial charge in [-0.05, 0) is 44.4 Å². The molecular formula is C13H22N4O. The summed E-state index contributed by atoms with van der Waals surface area (Å²) in [6.07, 6.45) is 2.35. The number of nitrogens with one attached hydrogen (secondary N) is 1. The van der Waals surface area contributed by atoms with Crippen LogP contribution >= 0.6 is 0 Å². The van der Waals surface area contributed by atoms with Crippen molar-refractivity contribution >= 4 is 5.82 Å². The zero-order valence-corrected chi connectivity index (χ0v) is 11.0. The van der Waals surface area contributed by atoms with E-state index >= 15 is 0 Å². The lowest BCUT2D eigenvalue weighted by molar-refractivity contribution is 0.123. The monoisotopic (exact) mass is 250 g/mol. The molecule has 5 heteroatoms. The number of aryl methyl sites for hydroxylation is 1. The third kappa shape index (κ3) is 3.92. The molecule has 1 aliphatic rings. The lowest BCUT2D eigenvalue weighted by Gasteiger charge is -2.31. The maximum absolute atomic E-state index is 9.18. The third-order valence-electron chi connectivity index (χ3n) is 3.39. The average molecular weight is 250 g/mol. The van der Waals surface area contributed by atoms with Crippen LogP contribution in [-0.4, -0.2) is 53.0 Å². The highest BCUT2D eigenvalue weighted by molar-refractivity contribution is 5.32. The lowest BCUT2D eigenvalue weighted by Crippen LogP contribution is -2.39. The van der Waals surface area contributed by atoms with E-state index in [1.807, 2.05) is 19.1 Å². The van der Waals surface area contributed by atoms with Crippen LogP contribution in [-0.2, 0) is 0 Å². The number of aliphatic hydroxyl groups excluding tert-OH is 1. The van der Waals surface area contributed by atoms with Crippen LogP contribution in [0.2, 0.25) is 0 Å². The van der Waals surface area contributed by atoms with Crippen molar-refractivity contribution in [2.24, 2.45) is 5.92 Å². The second-order valence-electron chi connectivity index (χ2n) is 4.98. The maximum Gasteiger partial charge on any atom is 0.148 e. The van der Waals surface area contributed by atoms with Gasteiger partial charge in [-0.2, -0.15) is 5.10 Å². The van der Waals surface area contributed by atoms with Gasteiger partial charge < -0.3 is 15.3 Å². The molecule has 18 heavy (non-hydrogen) atoms. The number of anilines is 1. The van der Waals surface area contributed by atoms with E-state index in [4.69, 9.17) is 0 Å². The SMILES string of the molecule is Cc1ccc(NCCN2CCCC(CO)C2)nn1. The zero-order valence-electron chi connectivity index (χ0n) is 11.0. The molecule has 1 aromatic heterocycles. The Labute approximate surface area is 108 Å². The minimum atomic E-state index is 0.313. The molecule has 1 saturated heterocycles. The van der Waals surface area contributed by atoms with Crippen molar-refractivity contribution in [3.8, 4) is 0 Å². The van der Waals surface area contributed by atoms with Gasteiger partial charge in [0.15, 0.2) is 0 Å². The molecule has 1 unspecified atom stereocenters. The number of aromatic nitrogens is 2. The quantitative estimate of drug-likeness (QED) is 0.813. The molecular weight excluding hydrogens is 228 g/mol. The van der Waals surface area contributed by atoms with E-state index in [2.05, 4.69) is 20.4 Å². The molecule has 2 N–H and O–H groups in total. The summed E-state index contributed by atoms with van der Waals surface area (Å²) in [4.78, 5) is 2.40. The van der Waals surface area contributed by atoms with Crippen LogP contribution in [0.15, 0.2) is 12.1 Å². The van der Waals surface area contributed by atoms with Gasteiger partial charge in [0.1, 0.15) is 5.82 Å². The van der Waals surface area contributed by atoms with E-state index in [0.717, 1.165) is 44.1 Å². The fourth-order valence-corrected chi connectivity index (χ4v) is 2.34. The Morgan fingerprint density at radius 1 is 1.44 bits per heavy atom. The Balaban J connectivity index is 1.70. The summed E-state index contributed by atoms with van der Waals surface area (Å²) >= 11 is 0. The van der Waals surface area contributed by atoms with Gasteiger partial charge in [0, 0.05) is 26.2 Å². The minimum absolute atomic E-state index is 0.313. The summed E-state index contributed by atoms with van der Waals surface area (Å²) in [6.45, 7) is 6.25. The average Bonchev–Trinajstić information content (AvgIpc) is 2.41. The Morgan fingerprint density at radius 3 is 3.06 bits per heavy atom. The molecule has 5 nitrogen and oxygen atoms in total. The standard InChI is InChI=1S/C13H22N4O/c1-11-4-5-13(16-15-11)14-6-8-17-7-2-3-12(9-17)10-18/h4-5,12,18H,2-3,6-10H2,1H3,(H,14,16). The van der Waals surface area contributed by atoms with Gasteiger partial charge in [0.05, 0.1) is 5.69 Å². The molecule has 1 fully saturated rings. The molecule has 0 saturated carbocycles. The summed E-state index contributed by atoms with van der Waals surface area (Å²) in [5.41, 5.74) is 0.933. The fraction of sp³-hybridized carbons (Fsp3) is 0.692. The van der Waals surface area contributed by atoms with Gasteiger partial charge in [0.25, 0.3) is 0 Å². The van der Waals surface area contributed by atoms with Gasteiger partial charge in [-0.1, -0.05) is 0 Å². The molecule has 1 aliphatic heterocycles. The van der Waals surface area contributed by atoms with Crippen molar-refractivity contribution in [3.63, 3.8) is 0 Å². The lowest BCUT2D eigenvalue weighted by atomic mass is 9.99. The normalized spacial score (nSPS) is 20.9. The molecule has 2 heterocycles. The van der Waals surface area contributed by atoms with E-state index < -0.39 is 0 Å². The number of nitrogens with zero attached hydrogens (tertiary/aromatic N) is 3. The van der Waals surface area contributed by atoms with Crippen molar-refractivity contribution in [3.05, 3.63) is 17.8 Å². The first-order chi connectivity index (χ1) is 8.78. The molecule has 0 spiro atoms. The molecule has 0 aliphatic carbocycles. The number of likely N-dealkylation sites (tertiary alicyclic amines) is 1. The molecule has 2 rings (SSSR count). The van der Waals surface area contributed by atoms with Crippen LogP contribution in [0.25, 0.3) is 0 Å². The number of aliphatic hydroxyl groups is 1. The summed E-state index contributed by atoms with van der Waals surface area (Å²) in [7, 11) is 0. The molecule has 100 valence electrons. The van der Waals surface area contributed by atoms with Crippen molar-refractivity contribution in [2.45, 2.75) is 19.8 Å². The zero-order chi connectivity index (χ0) is 12.8. The third-order valence-corrected chi connectivity index (χ3v) is 3.39. The Bertz CT molecular complexity index is 355. The molecule has 1 atom stereocenters. The van der Waals surface area contributed by atoms with Crippen molar-refractivity contribution in [1.29, 1.82) is 0 Å². The minimum Gasteiger partial charge on any atom is -0.396 e. The van der Waals surface area contributed by atoms with Crippen LogP contribution in [0.4, 0.5) is 5.82 Å². The molecule has 0 aromatic carbocycles. The van der Waals surface area contributed by atoms with Crippen LogP contribution < -0.4 is 5.32 Å². The molecule has 0 amide bonds. The van der Waals surface area contributed by atoms with Gasteiger partial charge in [-0.15, -0.1) is 5.10 Å². The van der Waals surface area contributed by atoms with E-state index in [0.29, 0.717) is 12.5 Å². The Kier molecular flexibility index (Phi) is 4.90. The molecule has 0 bridgehead atoms. The van der Waals surface area contributed by atoms with Gasteiger partial charge in [0.2, 0.25) is 0 Å². The van der Waals surface area contributed by atoms with Crippen molar-refractivity contribution in [2.75, 3.05) is 38.1 Å². The smallest absolute Gasteiger partial charge is 0.148 e. The van der Waals surface area contributed by atoms with E-state index in [9.17, 15) is 5.11 Å². The number of hydrogen-bond donors (Lipinski definition) is 2. The first-order valence-electron chi connectivity index (χ1n) is 6.65. The second kappa shape index (κ2) is 6.66. The first-order valence-corrected chi connectivity index (χ1v) is 6.65. The number of hydrogen-bond acceptors (Lipinski definition) is 5. The fourth-order valence-electron chi connectivity index (χ4n) is 2.34. The van der Waals surface area contributed by atoms with E-state index in [1.165, 1.54) is 6.42 Å². The predicted octanol–water partition coefficient (Wildman–Crippen LogP) is 0.901. The van der Waals surface area contributed by atoms with Gasteiger partial charge in [-0.25, -0.2) is 0 Å². The highest BCUT2D eigenvalue weighted by atomic mass is 16.3. The van der Waals surface area contributed by atoms with Gasteiger partial charge >= 0.3 is 0 Å². The Morgan fingerprint density at radius 2 is 2.33 bits per heavy atom. The van der Waals surface area contributed by atoms with Gasteiger partial charge in [-0.3, -0.25) is 0 Å². The maximum atomic E-state index is 9.18. The van der Waals surface area contributed by atoms with Crippen molar-refractivity contribution < 1.29 is 5.11 Å².